The van der Waals surface area contributed by atoms with Crippen LogP contribution >= 0.6 is 11.6 Å². The number of pyridine rings is 2. The van der Waals surface area contributed by atoms with Crippen LogP contribution in [-0.2, 0) is 0 Å². The van der Waals surface area contributed by atoms with Gasteiger partial charge in [-0.3, -0.25) is 4.79 Å². The van der Waals surface area contributed by atoms with E-state index in [0.29, 0.717) is 23.0 Å². The molecule has 1 aliphatic heterocycles. The number of amides is 1. The topological polar surface area (TPSA) is 91.1 Å². The molecule has 0 unspecified atom stereocenters. The fourth-order valence-corrected chi connectivity index (χ4v) is 3.93. The third kappa shape index (κ3) is 5.81. The standard InChI is InChI=1S/C24H19ClF3N5O2/c1-14-6-7-33(13-14)22-20(19-9-16(26)12-30-21(19)10-29)8-15(11-31-22)23(34)32-17-2-4-18(5-3-17)35-24(25,27)28/h2-5,8-9,11-12,14H,6-7,13H2,1H3,(H,32,34)/t14-/m1/s1. The summed E-state index contributed by atoms with van der Waals surface area (Å²) in [4.78, 5) is 23.3. The Labute approximate surface area is 204 Å². The molecule has 180 valence electrons. The lowest BCUT2D eigenvalue weighted by molar-refractivity contribution is -0.0964. The first-order valence-electron chi connectivity index (χ1n) is 10.6. The Morgan fingerprint density at radius 3 is 2.60 bits per heavy atom. The van der Waals surface area contributed by atoms with Crippen LogP contribution in [0.5, 0.6) is 5.75 Å². The molecule has 0 radical (unpaired) electrons. The van der Waals surface area contributed by atoms with Crippen LogP contribution in [0.3, 0.4) is 0 Å². The first kappa shape index (κ1) is 24.3. The van der Waals surface area contributed by atoms with Crippen molar-refractivity contribution in [1.29, 1.82) is 5.26 Å². The lowest BCUT2D eigenvalue weighted by Gasteiger charge is -2.21. The summed E-state index contributed by atoms with van der Waals surface area (Å²) in [6.45, 7) is 3.57. The van der Waals surface area contributed by atoms with Crippen molar-refractivity contribution in [3.8, 4) is 22.9 Å². The molecule has 1 fully saturated rings. The maximum atomic E-state index is 14.1. The summed E-state index contributed by atoms with van der Waals surface area (Å²) in [5.41, 5.74) is -2.75. The largest absolute Gasteiger partial charge is 0.487 e. The summed E-state index contributed by atoms with van der Waals surface area (Å²) in [5.74, 6) is -0.393. The Bertz CT molecular complexity index is 1290. The molecule has 1 saturated heterocycles. The summed E-state index contributed by atoms with van der Waals surface area (Å²) < 4.78 is 43.9. The molecule has 1 N–H and O–H groups in total. The van der Waals surface area contributed by atoms with Gasteiger partial charge in [-0.05, 0) is 48.7 Å². The van der Waals surface area contributed by atoms with Gasteiger partial charge in [-0.15, -0.1) is 8.78 Å². The molecule has 0 bridgehead atoms. The normalized spacial score (nSPS) is 15.5. The fraction of sp³-hybridized carbons (Fsp3) is 0.250. The number of carbonyl (C=O) groups is 1. The number of carbonyl (C=O) groups excluding carboxylic acids is 1. The third-order valence-corrected chi connectivity index (χ3v) is 5.53. The first-order chi connectivity index (χ1) is 16.6. The van der Waals surface area contributed by atoms with Crippen molar-refractivity contribution in [3.05, 3.63) is 65.9 Å². The van der Waals surface area contributed by atoms with Gasteiger partial charge < -0.3 is 15.0 Å². The molecular formula is C24H19ClF3N5O2. The molecule has 1 aromatic carbocycles. The van der Waals surface area contributed by atoms with Crippen molar-refractivity contribution in [1.82, 2.24) is 9.97 Å². The number of hydrogen-bond acceptors (Lipinski definition) is 6. The molecule has 1 atom stereocenters. The zero-order valence-corrected chi connectivity index (χ0v) is 19.2. The van der Waals surface area contributed by atoms with E-state index in [9.17, 15) is 23.2 Å². The number of nitrogens with zero attached hydrogens (tertiary/aromatic N) is 4. The number of hydrogen-bond donors (Lipinski definition) is 1. The Morgan fingerprint density at radius 2 is 1.97 bits per heavy atom. The predicted octanol–water partition coefficient (Wildman–Crippen LogP) is 5.42. The van der Waals surface area contributed by atoms with Crippen LogP contribution in [-0.4, -0.2) is 34.5 Å². The van der Waals surface area contributed by atoms with Gasteiger partial charge >= 0.3 is 5.57 Å². The number of halogens is 4. The first-order valence-corrected chi connectivity index (χ1v) is 11.0. The maximum Gasteiger partial charge on any atom is 0.487 e. The van der Waals surface area contributed by atoms with Gasteiger partial charge in [0.2, 0.25) is 0 Å². The number of aromatic nitrogens is 2. The van der Waals surface area contributed by atoms with Gasteiger partial charge in [-0.25, -0.2) is 14.4 Å². The molecule has 0 saturated carbocycles. The molecule has 1 aliphatic rings. The van der Waals surface area contributed by atoms with Gasteiger partial charge in [-0.1, -0.05) is 6.92 Å². The van der Waals surface area contributed by atoms with Gasteiger partial charge in [0.25, 0.3) is 5.91 Å². The molecule has 11 heteroatoms. The molecule has 7 nitrogen and oxygen atoms in total. The average Bonchev–Trinajstić information content (AvgIpc) is 3.25. The highest BCUT2D eigenvalue weighted by Gasteiger charge is 2.28. The summed E-state index contributed by atoms with van der Waals surface area (Å²) in [7, 11) is 0. The second-order valence-corrected chi connectivity index (χ2v) is 8.56. The lowest BCUT2D eigenvalue weighted by Crippen LogP contribution is -2.22. The molecule has 3 aromatic rings. The Hall–Kier alpha value is -3.84. The number of nitriles is 1. The quantitative estimate of drug-likeness (QED) is 0.453. The van der Waals surface area contributed by atoms with E-state index in [4.69, 9.17) is 11.6 Å². The summed E-state index contributed by atoms with van der Waals surface area (Å²) >= 11 is 4.75. The molecule has 1 amide bonds. The number of ether oxygens (including phenoxy) is 1. The van der Waals surface area contributed by atoms with E-state index in [1.165, 1.54) is 42.6 Å². The van der Waals surface area contributed by atoms with Crippen molar-refractivity contribution in [3.63, 3.8) is 0 Å². The minimum atomic E-state index is -3.85. The fourth-order valence-electron chi connectivity index (χ4n) is 3.84. The van der Waals surface area contributed by atoms with Crippen molar-refractivity contribution in [2.45, 2.75) is 18.9 Å². The van der Waals surface area contributed by atoms with E-state index in [1.54, 1.807) is 0 Å². The minimum absolute atomic E-state index is 0.00550. The van der Waals surface area contributed by atoms with E-state index in [2.05, 4.69) is 26.9 Å². The summed E-state index contributed by atoms with van der Waals surface area (Å²) in [6, 6.07) is 9.88. The van der Waals surface area contributed by atoms with E-state index in [1.807, 2.05) is 11.0 Å². The van der Waals surface area contributed by atoms with Crippen molar-refractivity contribution in [2.24, 2.45) is 5.92 Å². The molecule has 3 heterocycles. The molecule has 0 spiro atoms. The van der Waals surface area contributed by atoms with Gasteiger partial charge in [0.05, 0.1) is 11.8 Å². The van der Waals surface area contributed by atoms with Crippen LogP contribution in [0.4, 0.5) is 24.7 Å². The van der Waals surface area contributed by atoms with E-state index >= 15 is 0 Å². The maximum absolute atomic E-state index is 14.1. The number of anilines is 2. The van der Waals surface area contributed by atoms with Crippen LogP contribution in [0.25, 0.3) is 11.1 Å². The summed E-state index contributed by atoms with van der Waals surface area (Å²) in [5, 5.41) is 12.2. The van der Waals surface area contributed by atoms with Gasteiger partial charge in [-0.2, -0.15) is 5.26 Å². The zero-order chi connectivity index (χ0) is 25.2. The van der Waals surface area contributed by atoms with Gasteiger partial charge in [0.15, 0.2) is 0 Å². The van der Waals surface area contributed by atoms with Crippen molar-refractivity contribution < 1.29 is 22.7 Å². The lowest BCUT2D eigenvalue weighted by atomic mass is 10.0. The number of nitrogens with one attached hydrogen (secondary N) is 1. The van der Waals surface area contributed by atoms with Gasteiger partial charge in [0, 0.05) is 47.7 Å². The number of alkyl halides is 3. The average molecular weight is 502 g/mol. The van der Waals surface area contributed by atoms with Gasteiger partial charge in [0.1, 0.15) is 29.1 Å². The van der Waals surface area contributed by atoms with Crippen LogP contribution < -0.4 is 15.0 Å². The molecule has 2 aromatic heterocycles. The second kappa shape index (κ2) is 9.80. The highest BCUT2D eigenvalue weighted by Crippen LogP contribution is 2.35. The zero-order valence-electron chi connectivity index (χ0n) is 18.4. The highest BCUT2D eigenvalue weighted by atomic mass is 35.5. The molecular weight excluding hydrogens is 483 g/mol. The SMILES string of the molecule is C[C@@H]1CCN(c2ncc(C(=O)Nc3ccc(OC(F)(F)Cl)cc3)cc2-c2cc(F)cnc2C#N)C1. The Morgan fingerprint density at radius 1 is 1.23 bits per heavy atom. The summed E-state index contributed by atoms with van der Waals surface area (Å²) in [6.07, 6.45) is 3.30. The number of benzene rings is 1. The van der Waals surface area contributed by atoms with Crippen molar-refractivity contribution >= 4 is 29.0 Å². The van der Waals surface area contributed by atoms with Crippen LogP contribution in [0.1, 0.15) is 29.4 Å². The molecule has 4 rings (SSSR count). The third-order valence-electron chi connectivity index (χ3n) is 5.45. The highest BCUT2D eigenvalue weighted by molar-refractivity contribution is 6.20. The number of rotatable bonds is 6. The smallest absolute Gasteiger partial charge is 0.420 e. The van der Waals surface area contributed by atoms with E-state index in [0.717, 1.165) is 25.7 Å². The Balaban J connectivity index is 1.66. The van der Waals surface area contributed by atoms with E-state index < -0.39 is 17.3 Å². The minimum Gasteiger partial charge on any atom is -0.420 e. The predicted molar refractivity (Wildman–Crippen MR) is 124 cm³/mol. The van der Waals surface area contributed by atoms with Crippen molar-refractivity contribution in [2.75, 3.05) is 23.3 Å². The second-order valence-electron chi connectivity index (χ2n) is 8.12. The molecule has 0 aliphatic carbocycles. The van der Waals surface area contributed by atoms with E-state index in [-0.39, 0.29) is 22.6 Å². The Kier molecular flexibility index (Phi) is 6.80. The van der Waals surface area contributed by atoms with Crippen LogP contribution in [0, 0.1) is 23.1 Å². The van der Waals surface area contributed by atoms with Crippen LogP contribution in [0.2, 0.25) is 0 Å². The van der Waals surface area contributed by atoms with Crippen LogP contribution in [0.15, 0.2) is 48.8 Å². The monoisotopic (exact) mass is 501 g/mol. The molecule has 35 heavy (non-hydrogen) atoms.